The van der Waals surface area contributed by atoms with E-state index in [0.717, 1.165) is 16.7 Å². The van der Waals surface area contributed by atoms with Gasteiger partial charge in [-0.2, -0.15) is 0 Å². The topological polar surface area (TPSA) is 76.1 Å². The predicted octanol–water partition coefficient (Wildman–Crippen LogP) is 5.60. The second-order valence-corrected chi connectivity index (χ2v) is 8.93. The Morgan fingerprint density at radius 3 is 2.40 bits per heavy atom. The van der Waals surface area contributed by atoms with Crippen LogP contribution in [0.15, 0.2) is 66.2 Å². The lowest BCUT2D eigenvalue weighted by atomic mass is 9.93. The summed E-state index contributed by atoms with van der Waals surface area (Å²) in [5.41, 5.74) is 3.49. The van der Waals surface area contributed by atoms with Crippen molar-refractivity contribution in [2.45, 2.75) is 26.4 Å². The van der Waals surface area contributed by atoms with Crippen molar-refractivity contribution in [2.24, 2.45) is 0 Å². The normalized spacial score (nSPS) is 17.1. The van der Waals surface area contributed by atoms with Crippen molar-refractivity contribution in [1.82, 2.24) is 4.90 Å². The Bertz CT molecular complexity index is 1350. The molecule has 0 aliphatic carbocycles. The number of aliphatic hydroxyl groups excluding tert-OH is 1. The maximum atomic E-state index is 13.4. The first kappa shape index (κ1) is 24.4. The van der Waals surface area contributed by atoms with Gasteiger partial charge in [-0.3, -0.25) is 9.59 Å². The zero-order chi connectivity index (χ0) is 25.3. The summed E-state index contributed by atoms with van der Waals surface area (Å²) in [6, 6.07) is 17.4. The maximum absolute atomic E-state index is 13.4. The van der Waals surface area contributed by atoms with Crippen molar-refractivity contribution in [1.29, 1.82) is 0 Å². The molecular weight excluding hydrogens is 466 g/mol. The number of benzene rings is 3. The molecule has 1 heterocycles. The smallest absolute Gasteiger partial charge is 0.295 e. The van der Waals surface area contributed by atoms with Crippen molar-refractivity contribution in [3.8, 4) is 11.5 Å². The Kier molecular flexibility index (Phi) is 6.85. The minimum Gasteiger partial charge on any atom is -0.507 e. The molecule has 6 nitrogen and oxygen atoms in total. The quantitative estimate of drug-likeness (QED) is 0.276. The van der Waals surface area contributed by atoms with Gasteiger partial charge >= 0.3 is 0 Å². The van der Waals surface area contributed by atoms with Gasteiger partial charge in [0.2, 0.25) is 0 Å². The van der Waals surface area contributed by atoms with Gasteiger partial charge in [0.15, 0.2) is 0 Å². The highest BCUT2D eigenvalue weighted by Gasteiger charge is 2.46. The molecule has 1 amide bonds. The van der Waals surface area contributed by atoms with Crippen LogP contribution in [0.2, 0.25) is 5.02 Å². The number of aliphatic hydroxyl groups is 1. The average Bonchev–Trinajstić information content (AvgIpc) is 3.08. The van der Waals surface area contributed by atoms with Crippen LogP contribution in [-0.4, -0.2) is 35.9 Å². The number of ketones is 1. The van der Waals surface area contributed by atoms with Gasteiger partial charge in [0.25, 0.3) is 11.7 Å². The summed E-state index contributed by atoms with van der Waals surface area (Å²) in [6.45, 7) is 3.91. The molecule has 1 N–H and O–H groups in total. The standard InChI is InChI=1S/C28H26ClNO5/c1-16-7-5-9-19(11-16)24-23(25(31)21-12-17(2)13-22(29)27(21)35-4)26(32)28(33)30(24)15-18-8-6-10-20(14-18)34-3/h5-14,24,31H,15H2,1-4H3/b25-23+. The van der Waals surface area contributed by atoms with E-state index in [1.807, 2.05) is 62.4 Å². The third kappa shape index (κ3) is 4.62. The number of likely N-dealkylation sites (tertiary alicyclic amines) is 1. The first-order valence-corrected chi connectivity index (χ1v) is 11.4. The molecule has 1 unspecified atom stereocenters. The molecule has 1 aliphatic heterocycles. The Morgan fingerprint density at radius 2 is 1.71 bits per heavy atom. The molecule has 180 valence electrons. The number of nitrogens with zero attached hydrogens (tertiary/aromatic N) is 1. The molecule has 0 saturated carbocycles. The number of aryl methyl sites for hydroxylation is 2. The second-order valence-electron chi connectivity index (χ2n) is 8.52. The SMILES string of the molecule is COc1cccc(CN2C(=O)C(=O)/C(=C(/O)c3cc(C)cc(Cl)c3OC)C2c2cccc(C)c2)c1. The molecule has 1 atom stereocenters. The fourth-order valence-electron chi connectivity index (χ4n) is 4.45. The number of hydrogen-bond donors (Lipinski definition) is 1. The lowest BCUT2D eigenvalue weighted by molar-refractivity contribution is -0.140. The number of Topliss-reactive ketones (excluding diaryl/α,β-unsaturated/α-hetero) is 1. The van der Waals surface area contributed by atoms with Crippen LogP contribution >= 0.6 is 11.6 Å². The Morgan fingerprint density at radius 1 is 0.971 bits per heavy atom. The van der Waals surface area contributed by atoms with Gasteiger partial charge in [-0.25, -0.2) is 0 Å². The van der Waals surface area contributed by atoms with Gasteiger partial charge in [-0.15, -0.1) is 0 Å². The van der Waals surface area contributed by atoms with E-state index < -0.39 is 17.7 Å². The largest absolute Gasteiger partial charge is 0.507 e. The Hall–Kier alpha value is -3.77. The monoisotopic (exact) mass is 491 g/mol. The molecule has 1 fully saturated rings. The summed E-state index contributed by atoms with van der Waals surface area (Å²) in [7, 11) is 3.01. The first-order valence-electron chi connectivity index (χ1n) is 11.1. The van der Waals surface area contributed by atoms with Gasteiger partial charge in [-0.1, -0.05) is 53.6 Å². The molecule has 3 aromatic rings. The molecule has 1 saturated heterocycles. The van der Waals surface area contributed by atoms with Crippen LogP contribution in [0.3, 0.4) is 0 Å². The molecule has 0 bridgehead atoms. The fourth-order valence-corrected chi connectivity index (χ4v) is 4.81. The third-order valence-electron chi connectivity index (χ3n) is 6.03. The molecule has 3 aromatic carbocycles. The van der Waals surface area contributed by atoms with E-state index in [1.165, 1.54) is 12.0 Å². The number of ether oxygens (including phenoxy) is 2. The second kappa shape index (κ2) is 9.84. The number of hydrogen-bond acceptors (Lipinski definition) is 5. The van der Waals surface area contributed by atoms with Crippen molar-refractivity contribution in [3.05, 3.63) is 99.1 Å². The van der Waals surface area contributed by atoms with E-state index in [-0.39, 0.29) is 29.2 Å². The van der Waals surface area contributed by atoms with Crippen molar-refractivity contribution < 1.29 is 24.2 Å². The molecule has 0 spiro atoms. The maximum Gasteiger partial charge on any atom is 0.295 e. The minimum absolute atomic E-state index is 0.0107. The number of carbonyl (C=O) groups is 2. The van der Waals surface area contributed by atoms with E-state index in [0.29, 0.717) is 16.3 Å². The van der Waals surface area contributed by atoms with E-state index >= 15 is 0 Å². The van der Waals surface area contributed by atoms with Gasteiger partial charge in [-0.05, 0) is 54.8 Å². The molecular formula is C28H26ClNO5. The molecule has 0 radical (unpaired) electrons. The van der Waals surface area contributed by atoms with Crippen molar-refractivity contribution in [2.75, 3.05) is 14.2 Å². The summed E-state index contributed by atoms with van der Waals surface area (Å²) >= 11 is 6.36. The highest BCUT2D eigenvalue weighted by Crippen LogP contribution is 2.43. The van der Waals surface area contributed by atoms with Crippen LogP contribution < -0.4 is 9.47 Å². The Labute approximate surface area is 209 Å². The summed E-state index contributed by atoms with van der Waals surface area (Å²) in [5, 5.41) is 11.8. The van der Waals surface area contributed by atoms with E-state index in [1.54, 1.807) is 19.2 Å². The summed E-state index contributed by atoms with van der Waals surface area (Å²) in [6.07, 6.45) is 0. The molecule has 4 rings (SSSR count). The van der Waals surface area contributed by atoms with Gasteiger partial charge in [0.1, 0.15) is 17.3 Å². The number of carbonyl (C=O) groups excluding carboxylic acids is 2. The van der Waals surface area contributed by atoms with Gasteiger partial charge in [0, 0.05) is 6.54 Å². The van der Waals surface area contributed by atoms with Crippen LogP contribution in [0.5, 0.6) is 11.5 Å². The van der Waals surface area contributed by atoms with Crippen molar-refractivity contribution >= 4 is 29.1 Å². The minimum atomic E-state index is -0.801. The van der Waals surface area contributed by atoms with Crippen molar-refractivity contribution in [3.63, 3.8) is 0 Å². The zero-order valence-electron chi connectivity index (χ0n) is 20.0. The van der Waals surface area contributed by atoms with Crippen LogP contribution in [0.1, 0.15) is 33.9 Å². The third-order valence-corrected chi connectivity index (χ3v) is 6.31. The number of halogens is 1. The van der Waals surface area contributed by atoms with Crippen LogP contribution in [0, 0.1) is 13.8 Å². The van der Waals surface area contributed by atoms with Gasteiger partial charge in [0.05, 0.1) is 36.4 Å². The Balaban J connectivity index is 1.92. The highest BCUT2D eigenvalue weighted by atomic mass is 35.5. The zero-order valence-corrected chi connectivity index (χ0v) is 20.7. The lowest BCUT2D eigenvalue weighted by Crippen LogP contribution is -2.29. The highest BCUT2D eigenvalue weighted by molar-refractivity contribution is 6.46. The summed E-state index contributed by atoms with van der Waals surface area (Å²) in [4.78, 5) is 28.2. The summed E-state index contributed by atoms with van der Waals surface area (Å²) < 4.78 is 10.7. The van der Waals surface area contributed by atoms with Crippen LogP contribution in [0.25, 0.3) is 5.76 Å². The summed E-state index contributed by atoms with van der Waals surface area (Å²) in [5.74, 6) is -0.914. The molecule has 0 aromatic heterocycles. The van der Waals surface area contributed by atoms with Crippen LogP contribution in [-0.2, 0) is 16.1 Å². The fraction of sp³-hybridized carbons (Fsp3) is 0.214. The number of amides is 1. The van der Waals surface area contributed by atoms with E-state index in [4.69, 9.17) is 21.1 Å². The van der Waals surface area contributed by atoms with Crippen LogP contribution in [0.4, 0.5) is 0 Å². The van der Waals surface area contributed by atoms with E-state index in [9.17, 15) is 14.7 Å². The molecule has 35 heavy (non-hydrogen) atoms. The first-order chi connectivity index (χ1) is 16.7. The number of rotatable bonds is 6. The lowest BCUT2D eigenvalue weighted by Gasteiger charge is -2.26. The average molecular weight is 492 g/mol. The van der Waals surface area contributed by atoms with Gasteiger partial charge < -0.3 is 19.5 Å². The molecule has 1 aliphatic rings. The predicted molar refractivity (Wildman–Crippen MR) is 135 cm³/mol. The molecule has 7 heteroatoms. The number of methoxy groups -OCH3 is 2. The van der Waals surface area contributed by atoms with E-state index in [2.05, 4.69) is 0 Å².